The second-order valence-electron chi connectivity index (χ2n) is 5.48. The molecule has 1 N–H and O–H groups in total. The number of piperidine rings is 1. The Morgan fingerprint density at radius 3 is 2.85 bits per heavy atom. The van der Waals surface area contributed by atoms with Crippen LogP contribution in [0, 0.1) is 6.92 Å². The van der Waals surface area contributed by atoms with Crippen LogP contribution in [-0.4, -0.2) is 40.9 Å². The van der Waals surface area contributed by atoms with Gasteiger partial charge in [0.05, 0.1) is 12.1 Å². The van der Waals surface area contributed by atoms with Crippen LogP contribution in [0.15, 0.2) is 23.1 Å². The summed E-state index contributed by atoms with van der Waals surface area (Å²) in [5, 5.41) is 9.92. The fraction of sp³-hybridized carbons (Fsp3) is 0.562. The second kappa shape index (κ2) is 6.64. The van der Waals surface area contributed by atoms with Gasteiger partial charge in [-0.15, -0.1) is 11.8 Å². The van der Waals surface area contributed by atoms with Crippen LogP contribution in [-0.2, 0) is 0 Å². The number of aliphatic hydroxyl groups excluding tert-OH is 1. The number of thioether (sulfide) groups is 1. The highest BCUT2D eigenvalue weighted by atomic mass is 32.2. The number of aliphatic hydroxyl groups is 1. The van der Waals surface area contributed by atoms with Crippen LogP contribution in [0.2, 0.25) is 0 Å². The van der Waals surface area contributed by atoms with Gasteiger partial charge in [0, 0.05) is 17.0 Å². The lowest BCUT2D eigenvalue weighted by Gasteiger charge is -2.37. The number of amides is 1. The van der Waals surface area contributed by atoms with Crippen LogP contribution >= 0.6 is 11.8 Å². The third-order valence-corrected chi connectivity index (χ3v) is 4.77. The first-order chi connectivity index (χ1) is 9.54. The molecule has 1 aromatic rings. The molecule has 20 heavy (non-hydrogen) atoms. The van der Waals surface area contributed by atoms with Gasteiger partial charge in [0.2, 0.25) is 0 Å². The largest absolute Gasteiger partial charge is 0.391 e. The Kier molecular flexibility index (Phi) is 5.11. The molecular formula is C16H23NO2S. The van der Waals surface area contributed by atoms with E-state index in [-0.39, 0.29) is 11.9 Å². The molecule has 1 amide bonds. The maximum Gasteiger partial charge on any atom is 0.254 e. The summed E-state index contributed by atoms with van der Waals surface area (Å²) in [5.41, 5.74) is 1.77. The Morgan fingerprint density at radius 1 is 1.45 bits per heavy atom. The molecule has 2 unspecified atom stereocenters. The molecule has 1 saturated heterocycles. The summed E-state index contributed by atoms with van der Waals surface area (Å²) in [6, 6.07) is 5.96. The molecule has 2 rings (SSSR count). The molecule has 1 fully saturated rings. The van der Waals surface area contributed by atoms with E-state index in [0.29, 0.717) is 0 Å². The van der Waals surface area contributed by atoms with E-state index in [4.69, 9.17) is 0 Å². The summed E-state index contributed by atoms with van der Waals surface area (Å²) < 4.78 is 0. The second-order valence-corrected chi connectivity index (χ2v) is 6.36. The first-order valence-corrected chi connectivity index (χ1v) is 8.40. The van der Waals surface area contributed by atoms with Crippen LogP contribution < -0.4 is 0 Å². The number of likely N-dealkylation sites (tertiary alicyclic amines) is 1. The number of aryl methyl sites for hydroxylation is 1. The van der Waals surface area contributed by atoms with Crippen molar-refractivity contribution in [2.24, 2.45) is 0 Å². The van der Waals surface area contributed by atoms with Crippen molar-refractivity contribution >= 4 is 17.7 Å². The van der Waals surface area contributed by atoms with Crippen LogP contribution in [0.5, 0.6) is 0 Å². The zero-order valence-corrected chi connectivity index (χ0v) is 13.2. The number of carbonyl (C=O) groups excluding carboxylic acids is 1. The third kappa shape index (κ3) is 3.18. The number of rotatable bonds is 3. The quantitative estimate of drug-likeness (QED) is 0.871. The van der Waals surface area contributed by atoms with Gasteiger partial charge in [-0.3, -0.25) is 4.79 Å². The van der Waals surface area contributed by atoms with E-state index >= 15 is 0 Å². The van der Waals surface area contributed by atoms with Crippen molar-refractivity contribution in [1.82, 2.24) is 4.90 Å². The van der Waals surface area contributed by atoms with Gasteiger partial charge in [-0.05, 0) is 57.1 Å². The molecule has 0 bridgehead atoms. The highest BCUT2D eigenvalue weighted by Crippen LogP contribution is 2.25. The molecule has 0 spiro atoms. The molecule has 2 atom stereocenters. The van der Waals surface area contributed by atoms with Gasteiger partial charge in [0.15, 0.2) is 0 Å². The van der Waals surface area contributed by atoms with Gasteiger partial charge in [-0.1, -0.05) is 6.07 Å². The molecule has 0 aromatic heterocycles. The number of nitrogens with zero attached hydrogens (tertiary/aromatic N) is 1. The number of hydrogen-bond donors (Lipinski definition) is 1. The molecule has 0 aliphatic carbocycles. The standard InChI is InChI=1S/C16H23NO2S/c1-11-7-8-13(20-3)10-14(11)16(19)17-9-5-4-6-15(17)12(2)18/h7-8,10,12,15,18H,4-6,9H2,1-3H3. The highest BCUT2D eigenvalue weighted by Gasteiger charge is 2.31. The van der Waals surface area contributed by atoms with Crippen LogP contribution in [0.25, 0.3) is 0 Å². The van der Waals surface area contributed by atoms with E-state index in [2.05, 4.69) is 0 Å². The van der Waals surface area contributed by atoms with Crippen molar-refractivity contribution in [3.63, 3.8) is 0 Å². The third-order valence-electron chi connectivity index (χ3n) is 4.04. The van der Waals surface area contributed by atoms with Gasteiger partial charge >= 0.3 is 0 Å². The summed E-state index contributed by atoms with van der Waals surface area (Å²) in [7, 11) is 0. The van der Waals surface area contributed by atoms with Gasteiger partial charge in [0.25, 0.3) is 5.91 Å². The molecule has 1 aromatic carbocycles. The fourth-order valence-electron chi connectivity index (χ4n) is 2.82. The topological polar surface area (TPSA) is 40.5 Å². The zero-order valence-electron chi connectivity index (χ0n) is 12.4. The Hall–Kier alpha value is -1.00. The Bertz CT molecular complexity index is 487. The molecule has 0 saturated carbocycles. The summed E-state index contributed by atoms with van der Waals surface area (Å²) in [4.78, 5) is 15.8. The smallest absolute Gasteiger partial charge is 0.254 e. The minimum atomic E-state index is -0.469. The van der Waals surface area contributed by atoms with Crippen molar-refractivity contribution in [2.45, 2.75) is 50.2 Å². The Labute approximate surface area is 125 Å². The first-order valence-electron chi connectivity index (χ1n) is 7.18. The highest BCUT2D eigenvalue weighted by molar-refractivity contribution is 7.98. The van der Waals surface area contributed by atoms with E-state index < -0.39 is 6.10 Å². The number of hydrogen-bond acceptors (Lipinski definition) is 3. The lowest BCUT2D eigenvalue weighted by Crippen LogP contribution is -2.49. The minimum absolute atomic E-state index is 0.0476. The average Bonchev–Trinajstić information content (AvgIpc) is 2.47. The van der Waals surface area contributed by atoms with E-state index in [9.17, 15) is 9.90 Å². The fourth-order valence-corrected chi connectivity index (χ4v) is 3.26. The monoisotopic (exact) mass is 293 g/mol. The van der Waals surface area contributed by atoms with Crippen molar-refractivity contribution < 1.29 is 9.90 Å². The molecular weight excluding hydrogens is 270 g/mol. The van der Waals surface area contributed by atoms with Gasteiger partial charge in [-0.25, -0.2) is 0 Å². The zero-order chi connectivity index (χ0) is 14.7. The van der Waals surface area contributed by atoms with Crippen molar-refractivity contribution in [1.29, 1.82) is 0 Å². The predicted octanol–water partition coefficient (Wildman–Crippen LogP) is 3.09. The SMILES string of the molecule is CSc1ccc(C)c(C(=O)N2CCCCC2C(C)O)c1. The summed E-state index contributed by atoms with van der Waals surface area (Å²) in [6.07, 6.45) is 4.55. The summed E-state index contributed by atoms with van der Waals surface area (Å²) in [6.45, 7) is 4.50. The molecule has 0 radical (unpaired) electrons. The summed E-state index contributed by atoms with van der Waals surface area (Å²) in [5.74, 6) is 0.0593. The average molecular weight is 293 g/mol. The normalized spacial score (nSPS) is 20.8. The maximum absolute atomic E-state index is 12.8. The van der Waals surface area contributed by atoms with E-state index in [1.807, 2.05) is 36.3 Å². The molecule has 1 aliphatic heterocycles. The van der Waals surface area contributed by atoms with Crippen molar-refractivity contribution in [3.05, 3.63) is 29.3 Å². The number of benzene rings is 1. The maximum atomic E-state index is 12.8. The molecule has 3 nitrogen and oxygen atoms in total. The van der Waals surface area contributed by atoms with E-state index in [1.54, 1.807) is 18.7 Å². The van der Waals surface area contributed by atoms with Gasteiger partial charge < -0.3 is 10.0 Å². The van der Waals surface area contributed by atoms with Crippen molar-refractivity contribution in [3.8, 4) is 0 Å². The van der Waals surface area contributed by atoms with E-state index in [0.717, 1.165) is 41.8 Å². The number of carbonyl (C=O) groups is 1. The van der Waals surface area contributed by atoms with Gasteiger partial charge in [0.1, 0.15) is 0 Å². The molecule has 1 aliphatic rings. The first kappa shape index (κ1) is 15.4. The van der Waals surface area contributed by atoms with E-state index in [1.165, 1.54) is 0 Å². The summed E-state index contributed by atoms with van der Waals surface area (Å²) >= 11 is 1.64. The van der Waals surface area contributed by atoms with Crippen LogP contribution in [0.4, 0.5) is 0 Å². The lowest BCUT2D eigenvalue weighted by atomic mass is 9.96. The van der Waals surface area contributed by atoms with Crippen LogP contribution in [0.1, 0.15) is 42.1 Å². The molecule has 110 valence electrons. The minimum Gasteiger partial charge on any atom is -0.391 e. The predicted molar refractivity (Wildman–Crippen MR) is 83.3 cm³/mol. The molecule has 1 heterocycles. The Morgan fingerprint density at radius 2 is 2.20 bits per heavy atom. The van der Waals surface area contributed by atoms with Crippen molar-refractivity contribution in [2.75, 3.05) is 12.8 Å². The van der Waals surface area contributed by atoms with Gasteiger partial charge in [-0.2, -0.15) is 0 Å². The Balaban J connectivity index is 2.29. The lowest BCUT2D eigenvalue weighted by molar-refractivity contribution is 0.0280. The molecule has 4 heteroatoms. The van der Waals surface area contributed by atoms with Crippen LogP contribution in [0.3, 0.4) is 0 Å².